The van der Waals surface area contributed by atoms with E-state index in [4.69, 9.17) is 0 Å². The molecule has 0 aliphatic heterocycles. The van der Waals surface area contributed by atoms with Crippen molar-refractivity contribution in [2.75, 3.05) is 0 Å². The molecule has 0 amide bonds. The summed E-state index contributed by atoms with van der Waals surface area (Å²) in [7, 11) is 0. The molecular formula is C15H10F2N2. The van der Waals surface area contributed by atoms with Gasteiger partial charge in [-0.25, -0.2) is 18.7 Å². The highest BCUT2D eigenvalue weighted by Crippen LogP contribution is 2.29. The number of aromatic nitrogens is 2. The van der Waals surface area contributed by atoms with Crippen LogP contribution in [0.5, 0.6) is 0 Å². The van der Waals surface area contributed by atoms with Gasteiger partial charge in [0.1, 0.15) is 11.6 Å². The van der Waals surface area contributed by atoms with Gasteiger partial charge in [-0.05, 0) is 42.8 Å². The van der Waals surface area contributed by atoms with Crippen LogP contribution in [0.2, 0.25) is 0 Å². The zero-order valence-electron chi connectivity index (χ0n) is 10.2. The van der Waals surface area contributed by atoms with E-state index in [1.165, 1.54) is 12.1 Å². The fourth-order valence-electron chi connectivity index (χ4n) is 2.07. The Bertz CT molecular complexity index is 769. The number of aryl methyl sites for hydroxylation is 1. The monoisotopic (exact) mass is 256 g/mol. The molecular weight excluding hydrogens is 246 g/mol. The molecule has 3 rings (SSSR count). The lowest BCUT2D eigenvalue weighted by Crippen LogP contribution is -1.92. The van der Waals surface area contributed by atoms with Gasteiger partial charge in [0.25, 0.3) is 0 Å². The van der Waals surface area contributed by atoms with Crippen LogP contribution < -0.4 is 0 Å². The summed E-state index contributed by atoms with van der Waals surface area (Å²) in [6.07, 6.45) is 1.58. The van der Waals surface area contributed by atoms with Crippen LogP contribution in [0.3, 0.4) is 0 Å². The zero-order valence-corrected chi connectivity index (χ0v) is 10.2. The minimum absolute atomic E-state index is 0.347. The maximum Gasteiger partial charge on any atom is 0.159 e. The third kappa shape index (κ3) is 2.05. The molecule has 0 N–H and O–H groups in total. The quantitative estimate of drug-likeness (QED) is 0.660. The molecule has 0 spiro atoms. The van der Waals surface area contributed by atoms with Crippen molar-refractivity contribution in [1.82, 2.24) is 9.97 Å². The van der Waals surface area contributed by atoms with Gasteiger partial charge in [0.2, 0.25) is 0 Å². The molecule has 3 aromatic rings. The topological polar surface area (TPSA) is 25.8 Å². The van der Waals surface area contributed by atoms with Gasteiger partial charge in [-0.15, -0.1) is 0 Å². The number of fused-ring (bicyclic) bond motifs is 1. The first-order valence-corrected chi connectivity index (χ1v) is 5.83. The van der Waals surface area contributed by atoms with Crippen molar-refractivity contribution in [2.45, 2.75) is 6.92 Å². The van der Waals surface area contributed by atoms with E-state index < -0.39 is 11.6 Å². The summed E-state index contributed by atoms with van der Waals surface area (Å²) in [4.78, 5) is 8.47. The molecule has 0 atom stereocenters. The van der Waals surface area contributed by atoms with E-state index in [-0.39, 0.29) is 0 Å². The van der Waals surface area contributed by atoms with Crippen molar-refractivity contribution in [1.29, 1.82) is 0 Å². The van der Waals surface area contributed by atoms with Crippen molar-refractivity contribution in [3.8, 4) is 11.1 Å². The van der Waals surface area contributed by atoms with Gasteiger partial charge >= 0.3 is 0 Å². The van der Waals surface area contributed by atoms with Crippen LogP contribution in [0.1, 0.15) is 5.69 Å². The number of nitrogens with zero attached hydrogens (tertiary/aromatic N) is 2. The van der Waals surface area contributed by atoms with Crippen molar-refractivity contribution in [3.63, 3.8) is 0 Å². The number of pyridine rings is 2. The second-order valence-electron chi connectivity index (χ2n) is 4.31. The van der Waals surface area contributed by atoms with Crippen LogP contribution in [0.25, 0.3) is 22.2 Å². The zero-order chi connectivity index (χ0) is 13.4. The lowest BCUT2D eigenvalue weighted by molar-refractivity contribution is 0.585. The fourth-order valence-corrected chi connectivity index (χ4v) is 2.07. The number of hydrogen-bond acceptors (Lipinski definition) is 2. The summed E-state index contributed by atoms with van der Waals surface area (Å²) in [5, 5.41) is 0.749. The summed E-state index contributed by atoms with van der Waals surface area (Å²) in [5.41, 5.74) is 2.41. The summed E-state index contributed by atoms with van der Waals surface area (Å²) >= 11 is 0. The Hall–Kier alpha value is -2.36. The summed E-state index contributed by atoms with van der Waals surface area (Å²) < 4.78 is 26.8. The molecule has 2 heterocycles. The molecule has 19 heavy (non-hydrogen) atoms. The standard InChI is InChI=1S/C15H10F2N2/c1-9-2-4-13-11(6-7-18-15(13)19-9)12-5-3-10(16)8-14(12)17/h2-8H,1H3. The van der Waals surface area contributed by atoms with E-state index in [2.05, 4.69) is 9.97 Å². The molecule has 0 radical (unpaired) electrons. The fraction of sp³-hybridized carbons (Fsp3) is 0.0667. The Kier molecular flexibility index (Phi) is 2.71. The highest BCUT2D eigenvalue weighted by molar-refractivity contribution is 5.92. The number of halogens is 2. The molecule has 4 heteroatoms. The Balaban J connectivity index is 2.30. The van der Waals surface area contributed by atoms with E-state index in [1.54, 1.807) is 12.3 Å². The highest BCUT2D eigenvalue weighted by atomic mass is 19.1. The molecule has 0 fully saturated rings. The van der Waals surface area contributed by atoms with Gasteiger partial charge in [-0.2, -0.15) is 0 Å². The minimum Gasteiger partial charge on any atom is -0.237 e. The Labute approximate surface area is 108 Å². The molecule has 0 unspecified atom stereocenters. The smallest absolute Gasteiger partial charge is 0.159 e. The second kappa shape index (κ2) is 4.39. The average molecular weight is 256 g/mol. The minimum atomic E-state index is -0.590. The summed E-state index contributed by atoms with van der Waals surface area (Å²) in [6, 6.07) is 8.95. The van der Waals surface area contributed by atoms with E-state index in [9.17, 15) is 8.78 Å². The summed E-state index contributed by atoms with van der Waals surface area (Å²) in [5.74, 6) is -1.18. The van der Waals surface area contributed by atoms with E-state index in [0.29, 0.717) is 16.8 Å². The van der Waals surface area contributed by atoms with Gasteiger partial charge in [0.05, 0.1) is 0 Å². The average Bonchev–Trinajstić information content (AvgIpc) is 2.38. The van der Waals surface area contributed by atoms with E-state index in [1.807, 2.05) is 19.1 Å². The normalized spacial score (nSPS) is 10.9. The Morgan fingerprint density at radius 2 is 1.79 bits per heavy atom. The van der Waals surface area contributed by atoms with Gasteiger partial charge in [0.15, 0.2) is 5.65 Å². The number of hydrogen-bond donors (Lipinski definition) is 0. The largest absolute Gasteiger partial charge is 0.237 e. The first kappa shape index (κ1) is 11.7. The van der Waals surface area contributed by atoms with Crippen LogP contribution in [0.15, 0.2) is 42.6 Å². The van der Waals surface area contributed by atoms with E-state index >= 15 is 0 Å². The number of benzene rings is 1. The lowest BCUT2D eigenvalue weighted by Gasteiger charge is -2.07. The SMILES string of the molecule is Cc1ccc2c(-c3ccc(F)cc3F)ccnc2n1. The van der Waals surface area contributed by atoms with Gasteiger partial charge in [0, 0.05) is 28.9 Å². The second-order valence-corrected chi connectivity index (χ2v) is 4.31. The predicted molar refractivity (Wildman–Crippen MR) is 69.6 cm³/mol. The van der Waals surface area contributed by atoms with Crippen LogP contribution >= 0.6 is 0 Å². The first-order valence-electron chi connectivity index (χ1n) is 5.83. The highest BCUT2D eigenvalue weighted by Gasteiger charge is 2.10. The molecule has 1 aromatic carbocycles. The van der Waals surface area contributed by atoms with Crippen molar-refractivity contribution < 1.29 is 8.78 Å². The molecule has 0 saturated carbocycles. The first-order chi connectivity index (χ1) is 9.15. The molecule has 0 aliphatic rings. The maximum absolute atomic E-state index is 13.9. The van der Waals surface area contributed by atoms with Crippen LogP contribution in [-0.4, -0.2) is 9.97 Å². The summed E-state index contributed by atoms with van der Waals surface area (Å²) in [6.45, 7) is 1.87. The van der Waals surface area contributed by atoms with Gasteiger partial charge < -0.3 is 0 Å². The van der Waals surface area contributed by atoms with Crippen molar-refractivity contribution in [3.05, 3.63) is 59.9 Å². The lowest BCUT2D eigenvalue weighted by atomic mass is 10.0. The molecule has 0 bridgehead atoms. The van der Waals surface area contributed by atoms with Crippen molar-refractivity contribution in [2.24, 2.45) is 0 Å². The molecule has 2 aromatic heterocycles. The van der Waals surface area contributed by atoms with Crippen LogP contribution in [0, 0.1) is 18.6 Å². The van der Waals surface area contributed by atoms with Crippen LogP contribution in [0.4, 0.5) is 8.78 Å². The molecule has 0 saturated heterocycles. The van der Waals surface area contributed by atoms with Crippen molar-refractivity contribution >= 4 is 11.0 Å². The molecule has 0 aliphatic carbocycles. The number of rotatable bonds is 1. The third-order valence-electron chi connectivity index (χ3n) is 2.96. The molecule has 2 nitrogen and oxygen atoms in total. The maximum atomic E-state index is 13.9. The third-order valence-corrected chi connectivity index (χ3v) is 2.96. The Morgan fingerprint density at radius 1 is 0.947 bits per heavy atom. The predicted octanol–water partition coefficient (Wildman–Crippen LogP) is 3.88. The van der Waals surface area contributed by atoms with Gasteiger partial charge in [-0.1, -0.05) is 0 Å². The van der Waals surface area contributed by atoms with E-state index in [0.717, 1.165) is 17.1 Å². The van der Waals surface area contributed by atoms with Gasteiger partial charge in [-0.3, -0.25) is 0 Å². The Morgan fingerprint density at radius 3 is 2.58 bits per heavy atom. The van der Waals surface area contributed by atoms with Crippen LogP contribution in [-0.2, 0) is 0 Å². The molecule has 94 valence electrons.